The number of halogens is 2. The van der Waals surface area contributed by atoms with Gasteiger partial charge in [0, 0.05) is 11.6 Å². The molecule has 27 heavy (non-hydrogen) atoms. The number of ether oxygens (including phenoxy) is 2. The van der Waals surface area contributed by atoms with E-state index < -0.39 is 11.8 Å². The van der Waals surface area contributed by atoms with Gasteiger partial charge in [0.15, 0.2) is 0 Å². The van der Waals surface area contributed by atoms with Gasteiger partial charge >= 0.3 is 5.97 Å². The van der Waals surface area contributed by atoms with Crippen LogP contribution in [-0.2, 0) is 16.1 Å². The van der Waals surface area contributed by atoms with E-state index >= 15 is 0 Å². The van der Waals surface area contributed by atoms with Crippen molar-refractivity contribution in [1.29, 1.82) is 0 Å². The summed E-state index contributed by atoms with van der Waals surface area (Å²) >= 11 is 5.91. The molecule has 0 radical (unpaired) electrons. The predicted molar refractivity (Wildman–Crippen MR) is 103 cm³/mol. The van der Waals surface area contributed by atoms with E-state index in [4.69, 9.17) is 21.1 Å². The summed E-state index contributed by atoms with van der Waals surface area (Å²) in [5.41, 5.74) is 0.920. The molecular weight excluding hydrogens is 367 g/mol. The summed E-state index contributed by atoms with van der Waals surface area (Å²) in [6.07, 6.45) is 2.45. The molecule has 0 heterocycles. The summed E-state index contributed by atoms with van der Waals surface area (Å²) in [7, 11) is 0. The van der Waals surface area contributed by atoms with Gasteiger partial charge in [-0.3, -0.25) is 0 Å². The van der Waals surface area contributed by atoms with Crippen LogP contribution in [-0.4, -0.2) is 5.97 Å². The SMILES string of the molecule is O=C(C=Cc1c(F)cccc1Cl)OCc1cccc(Oc2ccccc2)c1. The second-order valence-corrected chi connectivity index (χ2v) is 6.05. The Morgan fingerprint density at radius 2 is 1.70 bits per heavy atom. The van der Waals surface area contributed by atoms with Crippen LogP contribution in [0, 0.1) is 5.82 Å². The molecule has 136 valence electrons. The maximum atomic E-state index is 13.7. The normalized spacial score (nSPS) is 10.7. The van der Waals surface area contributed by atoms with E-state index in [1.807, 2.05) is 48.5 Å². The number of esters is 1. The lowest BCUT2D eigenvalue weighted by atomic mass is 10.2. The quantitative estimate of drug-likeness (QED) is 0.386. The van der Waals surface area contributed by atoms with Crippen molar-refractivity contribution < 1.29 is 18.7 Å². The first-order valence-corrected chi connectivity index (χ1v) is 8.60. The standard InChI is InChI=1S/C22H16ClFO3/c23-20-10-5-11-21(24)19(20)12-13-22(25)26-15-16-6-4-9-18(14-16)27-17-7-2-1-3-8-17/h1-14H,15H2. The van der Waals surface area contributed by atoms with E-state index in [-0.39, 0.29) is 17.2 Å². The molecule has 0 amide bonds. The summed E-state index contributed by atoms with van der Waals surface area (Å²) < 4.78 is 24.6. The van der Waals surface area contributed by atoms with Crippen LogP contribution < -0.4 is 4.74 Å². The minimum Gasteiger partial charge on any atom is -0.458 e. The van der Waals surface area contributed by atoms with Gasteiger partial charge in [-0.2, -0.15) is 0 Å². The average Bonchev–Trinajstić information content (AvgIpc) is 2.67. The predicted octanol–water partition coefficient (Wildman–Crippen LogP) is 6.03. The lowest BCUT2D eigenvalue weighted by Gasteiger charge is -2.08. The van der Waals surface area contributed by atoms with Gasteiger partial charge in [0.25, 0.3) is 0 Å². The highest BCUT2D eigenvalue weighted by atomic mass is 35.5. The summed E-state index contributed by atoms with van der Waals surface area (Å²) in [5, 5.41) is 0.227. The van der Waals surface area contributed by atoms with Crippen LogP contribution >= 0.6 is 11.6 Å². The minimum atomic E-state index is -0.594. The molecule has 3 nitrogen and oxygen atoms in total. The molecule has 5 heteroatoms. The monoisotopic (exact) mass is 382 g/mol. The van der Waals surface area contributed by atoms with Crippen molar-refractivity contribution >= 4 is 23.6 Å². The highest BCUT2D eigenvalue weighted by Crippen LogP contribution is 2.22. The molecule has 0 aromatic heterocycles. The molecule has 0 fully saturated rings. The van der Waals surface area contributed by atoms with Crippen molar-refractivity contribution in [3.05, 3.63) is 101 Å². The zero-order valence-electron chi connectivity index (χ0n) is 14.3. The number of hydrogen-bond donors (Lipinski definition) is 0. The Balaban J connectivity index is 1.59. The summed E-state index contributed by atoms with van der Waals surface area (Å²) in [6, 6.07) is 20.9. The second-order valence-electron chi connectivity index (χ2n) is 5.64. The summed E-state index contributed by atoms with van der Waals surface area (Å²) in [6.45, 7) is 0.0696. The highest BCUT2D eigenvalue weighted by molar-refractivity contribution is 6.32. The third-order valence-corrected chi connectivity index (χ3v) is 3.97. The molecule has 0 aliphatic carbocycles. The molecule has 0 spiro atoms. The lowest BCUT2D eigenvalue weighted by molar-refractivity contribution is -0.138. The molecule has 0 N–H and O–H groups in total. The number of hydrogen-bond acceptors (Lipinski definition) is 3. The van der Waals surface area contributed by atoms with Crippen LogP contribution in [0.5, 0.6) is 11.5 Å². The Morgan fingerprint density at radius 1 is 0.963 bits per heavy atom. The molecule has 0 saturated carbocycles. The molecule has 0 saturated heterocycles. The molecule has 0 unspecified atom stereocenters. The van der Waals surface area contributed by atoms with E-state index in [9.17, 15) is 9.18 Å². The van der Waals surface area contributed by atoms with E-state index in [1.165, 1.54) is 18.2 Å². The zero-order valence-corrected chi connectivity index (χ0v) is 15.0. The Bertz CT molecular complexity index is 935. The van der Waals surface area contributed by atoms with Crippen molar-refractivity contribution in [2.24, 2.45) is 0 Å². The maximum absolute atomic E-state index is 13.7. The van der Waals surface area contributed by atoms with Gasteiger partial charge in [-0.1, -0.05) is 48.0 Å². The first-order valence-electron chi connectivity index (χ1n) is 8.22. The second kappa shape index (κ2) is 9.01. The summed E-state index contributed by atoms with van der Waals surface area (Å²) in [4.78, 5) is 11.9. The van der Waals surface area contributed by atoms with Crippen LogP contribution in [0.3, 0.4) is 0 Å². The molecule has 0 bridgehead atoms. The maximum Gasteiger partial charge on any atom is 0.331 e. The van der Waals surface area contributed by atoms with Gasteiger partial charge in [0.1, 0.15) is 23.9 Å². The Labute approximate surface area is 161 Å². The largest absolute Gasteiger partial charge is 0.458 e. The van der Waals surface area contributed by atoms with E-state index in [0.29, 0.717) is 5.75 Å². The number of benzene rings is 3. The average molecular weight is 383 g/mol. The summed E-state index contributed by atoms with van der Waals surface area (Å²) in [5.74, 6) is 0.265. The fourth-order valence-corrected chi connectivity index (χ4v) is 2.57. The van der Waals surface area contributed by atoms with Crippen LogP contribution in [0.25, 0.3) is 6.08 Å². The number of carbonyl (C=O) groups is 1. The number of rotatable bonds is 6. The molecular formula is C22H16ClFO3. The van der Waals surface area contributed by atoms with Gasteiger partial charge in [0.2, 0.25) is 0 Å². The topological polar surface area (TPSA) is 35.5 Å². The lowest BCUT2D eigenvalue weighted by Crippen LogP contribution is -2.01. The molecule has 3 rings (SSSR count). The van der Waals surface area contributed by atoms with Crippen LogP contribution in [0.15, 0.2) is 78.9 Å². The fourth-order valence-electron chi connectivity index (χ4n) is 2.35. The first-order chi connectivity index (χ1) is 13.1. The fraction of sp³-hybridized carbons (Fsp3) is 0.0455. The molecule has 0 aliphatic rings. The van der Waals surface area contributed by atoms with E-state index in [1.54, 1.807) is 12.1 Å². The van der Waals surface area contributed by atoms with Crippen LogP contribution in [0.4, 0.5) is 4.39 Å². The molecule has 0 atom stereocenters. The third kappa shape index (κ3) is 5.43. The Hall–Kier alpha value is -3.11. The Kier molecular flexibility index (Phi) is 6.23. The smallest absolute Gasteiger partial charge is 0.331 e. The van der Waals surface area contributed by atoms with Gasteiger partial charge in [0.05, 0.1) is 5.02 Å². The van der Waals surface area contributed by atoms with Gasteiger partial charge < -0.3 is 9.47 Å². The van der Waals surface area contributed by atoms with Crippen molar-refractivity contribution in [2.75, 3.05) is 0 Å². The first kappa shape index (κ1) is 18.7. The van der Waals surface area contributed by atoms with E-state index in [2.05, 4.69) is 0 Å². The van der Waals surface area contributed by atoms with Gasteiger partial charge in [-0.05, 0) is 48.0 Å². The van der Waals surface area contributed by atoms with Gasteiger partial charge in [-0.15, -0.1) is 0 Å². The Morgan fingerprint density at radius 3 is 2.48 bits per heavy atom. The number of para-hydroxylation sites is 1. The van der Waals surface area contributed by atoms with Crippen LogP contribution in [0.1, 0.15) is 11.1 Å². The van der Waals surface area contributed by atoms with Crippen molar-refractivity contribution in [1.82, 2.24) is 0 Å². The third-order valence-electron chi connectivity index (χ3n) is 3.64. The zero-order chi connectivity index (χ0) is 19.1. The van der Waals surface area contributed by atoms with Crippen molar-refractivity contribution in [3.63, 3.8) is 0 Å². The van der Waals surface area contributed by atoms with Crippen molar-refractivity contribution in [2.45, 2.75) is 6.61 Å². The van der Waals surface area contributed by atoms with Crippen LogP contribution in [0.2, 0.25) is 5.02 Å². The molecule has 0 aliphatic heterocycles. The molecule has 3 aromatic rings. The van der Waals surface area contributed by atoms with Crippen molar-refractivity contribution in [3.8, 4) is 11.5 Å². The van der Waals surface area contributed by atoms with E-state index in [0.717, 1.165) is 17.4 Å². The molecule has 3 aromatic carbocycles. The number of carbonyl (C=O) groups excluding carboxylic acids is 1. The highest BCUT2D eigenvalue weighted by Gasteiger charge is 2.05. The minimum absolute atomic E-state index is 0.0696. The van der Waals surface area contributed by atoms with Gasteiger partial charge in [-0.25, -0.2) is 9.18 Å².